The van der Waals surface area contributed by atoms with Crippen LogP contribution in [0, 0.1) is 13.8 Å². The largest absolute Gasteiger partial charge is 1.00 e. The van der Waals surface area contributed by atoms with Gasteiger partial charge < -0.3 is 24.8 Å². The van der Waals surface area contributed by atoms with E-state index in [2.05, 4.69) is 91.8 Å². The first-order valence-corrected chi connectivity index (χ1v) is 15.2. The van der Waals surface area contributed by atoms with E-state index in [1.165, 1.54) is 23.1 Å². The van der Waals surface area contributed by atoms with E-state index in [1.54, 1.807) is 37.6 Å². The van der Waals surface area contributed by atoms with Crippen molar-refractivity contribution in [2.24, 2.45) is 0 Å². The topological polar surface area (TPSA) is 0 Å². The fourth-order valence-corrected chi connectivity index (χ4v) is 13.2. The molecule has 0 fully saturated rings. The molecule has 0 saturated heterocycles. The normalized spacial score (nSPS) is 13.2. The number of hydrogen-bond acceptors (Lipinski definition) is 0. The zero-order valence-electron chi connectivity index (χ0n) is 20.8. The van der Waals surface area contributed by atoms with Gasteiger partial charge in [0, 0.05) is 0 Å². The van der Waals surface area contributed by atoms with E-state index in [0.29, 0.717) is 11.8 Å². The van der Waals surface area contributed by atoms with E-state index in [-0.39, 0.29) is 24.8 Å². The second kappa shape index (κ2) is 10.7. The van der Waals surface area contributed by atoms with E-state index in [1.807, 2.05) is 0 Å². The van der Waals surface area contributed by atoms with Crippen molar-refractivity contribution in [3.63, 3.8) is 0 Å². The number of allylic oxidation sites excluding steroid dienone is 4. The van der Waals surface area contributed by atoms with Gasteiger partial charge in [0.15, 0.2) is 0 Å². The Hall–Kier alpha value is -0.747. The van der Waals surface area contributed by atoms with Gasteiger partial charge in [-0.15, -0.1) is 0 Å². The summed E-state index contributed by atoms with van der Waals surface area (Å²) >= 11 is -2.06. The molecule has 4 rings (SSSR count). The molecule has 0 bridgehead atoms. The second-order valence-electron chi connectivity index (χ2n) is 10.0. The molecule has 3 heteroatoms. The molecule has 0 radical (unpaired) electrons. The third-order valence-electron chi connectivity index (χ3n) is 6.97. The van der Waals surface area contributed by atoms with Gasteiger partial charge in [-0.05, 0) is 0 Å². The zero-order chi connectivity index (χ0) is 21.7. The molecule has 0 N–H and O–H groups in total. The molecule has 170 valence electrons. The molecule has 0 spiro atoms. The molecule has 2 aliphatic rings. The minimum absolute atomic E-state index is 0. The molecule has 0 heterocycles. The van der Waals surface area contributed by atoms with Crippen LogP contribution in [0.5, 0.6) is 0 Å². The van der Waals surface area contributed by atoms with E-state index in [0.717, 1.165) is 6.42 Å². The second-order valence-corrected chi connectivity index (χ2v) is 17.2. The van der Waals surface area contributed by atoms with Crippen molar-refractivity contribution in [3.8, 4) is 11.1 Å². The van der Waals surface area contributed by atoms with Crippen LogP contribution < -0.4 is 28.1 Å². The van der Waals surface area contributed by atoms with Crippen LogP contribution in [-0.4, -0.2) is 3.21 Å². The van der Waals surface area contributed by atoms with Gasteiger partial charge >= 0.3 is 192 Å². The number of benzene rings is 2. The molecular formula is C29H36Cl2Zr. The summed E-state index contributed by atoms with van der Waals surface area (Å²) in [5.41, 5.74) is 12.4. The summed E-state index contributed by atoms with van der Waals surface area (Å²) in [4.78, 5) is 0. The maximum absolute atomic E-state index is 2.55. The quantitative estimate of drug-likeness (QED) is 0.465. The van der Waals surface area contributed by atoms with Crippen LogP contribution in [0.2, 0.25) is 0 Å². The molecule has 0 saturated carbocycles. The molecule has 2 aromatic rings. The van der Waals surface area contributed by atoms with Crippen molar-refractivity contribution in [1.82, 2.24) is 0 Å². The Morgan fingerprint density at radius 1 is 0.875 bits per heavy atom. The van der Waals surface area contributed by atoms with Crippen LogP contribution in [0.3, 0.4) is 0 Å². The Morgan fingerprint density at radius 3 is 2.03 bits per heavy atom. The van der Waals surface area contributed by atoms with Crippen molar-refractivity contribution in [2.75, 3.05) is 0 Å². The summed E-state index contributed by atoms with van der Waals surface area (Å²) in [6, 6.07) is 7.56. The maximum Gasteiger partial charge on any atom is -1.00 e. The molecule has 0 atom stereocenters. The van der Waals surface area contributed by atoms with Crippen LogP contribution in [-0.2, 0) is 27.7 Å². The van der Waals surface area contributed by atoms with Crippen LogP contribution in [0.4, 0.5) is 0 Å². The molecule has 32 heavy (non-hydrogen) atoms. The van der Waals surface area contributed by atoms with Gasteiger partial charge in [-0.3, -0.25) is 0 Å². The van der Waals surface area contributed by atoms with E-state index >= 15 is 0 Å². The van der Waals surface area contributed by atoms with Gasteiger partial charge in [-0.2, -0.15) is 0 Å². The first kappa shape index (κ1) is 27.5. The Balaban J connectivity index is 0.00000181. The summed E-state index contributed by atoms with van der Waals surface area (Å²) < 4.78 is 5.24. The Kier molecular flexibility index (Phi) is 9.17. The van der Waals surface area contributed by atoms with Gasteiger partial charge in [0.1, 0.15) is 0 Å². The van der Waals surface area contributed by atoms with Crippen LogP contribution in [0.1, 0.15) is 93.2 Å². The molecular weight excluding hydrogens is 510 g/mol. The Bertz CT molecular complexity index is 1130. The Labute approximate surface area is 215 Å². The van der Waals surface area contributed by atoms with E-state index in [9.17, 15) is 0 Å². The Morgan fingerprint density at radius 2 is 1.50 bits per heavy atom. The summed E-state index contributed by atoms with van der Waals surface area (Å²) in [5, 5.41) is 0. The summed E-state index contributed by atoms with van der Waals surface area (Å²) in [6.45, 7) is 18.9. The number of hydrogen-bond donors (Lipinski definition) is 0. The predicted octanol–water partition coefficient (Wildman–Crippen LogP) is 1.43. The first-order chi connectivity index (χ1) is 14.2. The average molecular weight is 547 g/mol. The van der Waals surface area contributed by atoms with Crippen LogP contribution >= 0.6 is 0 Å². The molecule has 0 nitrogen and oxygen atoms in total. The third-order valence-corrected chi connectivity index (χ3v) is 14.8. The van der Waals surface area contributed by atoms with Gasteiger partial charge in [-0.25, -0.2) is 0 Å². The standard InChI is InChI=1S/C21H25.C5H5.C3H6.2ClH.Zr/c1-12(2)18-10-20-16(7-14(18)5)9-17-8-15(6)19(13(3)4)11-21(17)20;1-2-4-5-3-1;1-3-2;;;/h7,10-13H,9H2,1-6H3;1-3H,4H2;1-2H3;2*1H;/q;;;;;+2/p-2. The monoisotopic (exact) mass is 544 g/mol. The summed E-state index contributed by atoms with van der Waals surface area (Å²) in [7, 11) is 0. The molecule has 2 aliphatic carbocycles. The number of halogens is 2. The van der Waals surface area contributed by atoms with Crippen LogP contribution in [0.25, 0.3) is 11.1 Å². The minimum Gasteiger partial charge on any atom is -1.00 e. The van der Waals surface area contributed by atoms with Gasteiger partial charge in [-0.1, -0.05) is 0 Å². The van der Waals surface area contributed by atoms with Crippen molar-refractivity contribution >= 4 is 6.48 Å². The van der Waals surface area contributed by atoms with E-state index < -0.39 is 21.3 Å². The average Bonchev–Trinajstić information content (AvgIpc) is 3.29. The van der Waals surface area contributed by atoms with Crippen molar-refractivity contribution in [3.05, 3.63) is 73.1 Å². The zero-order valence-corrected chi connectivity index (χ0v) is 24.8. The minimum atomic E-state index is -2.06. The summed E-state index contributed by atoms with van der Waals surface area (Å²) in [6.07, 6.45) is 9.38. The number of aryl methyl sites for hydroxylation is 1. The fraction of sp³-hybridized carbons (Fsp3) is 0.414. The SMILES string of the molecule is C[C](C)=[Zr+2]([C]1=CC=CC1)[c]1c(C)c(C(C)C)cc2c1Cc1cc(C)c(C(C)C)cc1-2.[Cl-].[Cl-]. The maximum atomic E-state index is 2.55. The summed E-state index contributed by atoms with van der Waals surface area (Å²) in [5.74, 6) is 1.13. The molecule has 0 aliphatic heterocycles. The number of fused-ring (bicyclic) bond motifs is 3. The molecule has 0 unspecified atom stereocenters. The van der Waals surface area contributed by atoms with Crippen molar-refractivity contribution in [2.45, 2.75) is 80.1 Å². The van der Waals surface area contributed by atoms with Gasteiger partial charge in [0.05, 0.1) is 0 Å². The smallest absolute Gasteiger partial charge is 1.00 e. The predicted molar refractivity (Wildman–Crippen MR) is 130 cm³/mol. The van der Waals surface area contributed by atoms with Gasteiger partial charge in [0.25, 0.3) is 0 Å². The van der Waals surface area contributed by atoms with Crippen molar-refractivity contribution < 1.29 is 46.1 Å². The molecule has 0 amide bonds. The fourth-order valence-electron chi connectivity index (χ4n) is 5.58. The number of rotatable bonds is 4. The van der Waals surface area contributed by atoms with Crippen molar-refractivity contribution in [1.29, 1.82) is 0 Å². The molecule has 2 aromatic carbocycles. The third kappa shape index (κ3) is 4.73. The first-order valence-electron chi connectivity index (χ1n) is 11.5. The van der Waals surface area contributed by atoms with E-state index in [4.69, 9.17) is 0 Å². The van der Waals surface area contributed by atoms with Gasteiger partial charge in [0.2, 0.25) is 0 Å². The molecule has 0 aromatic heterocycles. The van der Waals surface area contributed by atoms with Crippen LogP contribution in [0.15, 0.2) is 39.7 Å².